The molecule has 59 heavy (non-hydrogen) atoms. The molecule has 0 fully saturated rings. The number of hydrogen-bond donors (Lipinski definition) is 4. The van der Waals surface area contributed by atoms with Crippen molar-refractivity contribution in [1.29, 1.82) is 0 Å². The fraction of sp³-hybridized carbons (Fsp3) is 0.364. The lowest BCUT2D eigenvalue weighted by Crippen LogP contribution is -2.36. The first-order valence-corrected chi connectivity index (χ1v) is 20.6. The summed E-state index contributed by atoms with van der Waals surface area (Å²) in [4.78, 5) is 26.1. The summed E-state index contributed by atoms with van der Waals surface area (Å²) < 4.78 is 36.9. The van der Waals surface area contributed by atoms with Crippen LogP contribution in [0.1, 0.15) is 89.7 Å². The number of benzene rings is 4. The lowest BCUT2D eigenvalue weighted by Gasteiger charge is -2.28. The Morgan fingerprint density at radius 1 is 0.729 bits per heavy atom. The molecule has 4 aromatic rings. The van der Waals surface area contributed by atoms with E-state index in [1.165, 1.54) is 6.07 Å². The molecule has 2 heterocycles. The zero-order chi connectivity index (χ0) is 43.2. The van der Waals surface area contributed by atoms with Gasteiger partial charge >= 0.3 is 12.2 Å². The van der Waals surface area contributed by atoms with Crippen LogP contribution in [0.15, 0.2) is 78.9 Å². The Morgan fingerprint density at radius 3 is 1.63 bits per heavy atom. The van der Waals surface area contributed by atoms with Gasteiger partial charge in [0.1, 0.15) is 50.7 Å². The van der Waals surface area contributed by atoms with E-state index < -0.39 is 35.2 Å². The first kappa shape index (κ1) is 45.4. The highest BCUT2D eigenvalue weighted by Crippen LogP contribution is 2.36. The van der Waals surface area contributed by atoms with E-state index >= 15 is 0 Å². The van der Waals surface area contributed by atoms with Crippen LogP contribution in [0.5, 0.6) is 11.5 Å². The fourth-order valence-electron chi connectivity index (χ4n) is 6.08. The van der Waals surface area contributed by atoms with Crippen LogP contribution in [0.25, 0.3) is 0 Å². The Kier molecular flexibility index (Phi) is 14.7. The van der Waals surface area contributed by atoms with Crippen LogP contribution in [0, 0.1) is 5.82 Å². The Hall–Kier alpha value is -4.69. The van der Waals surface area contributed by atoms with E-state index in [0.717, 1.165) is 28.1 Å². The smallest absolute Gasteiger partial charge is 0.408 e. The van der Waals surface area contributed by atoms with Gasteiger partial charge in [-0.15, -0.1) is 0 Å². The molecule has 15 heteroatoms. The minimum atomic E-state index is -0.669. The third kappa shape index (κ3) is 13.2. The number of rotatable bonds is 8. The number of anilines is 2. The standard InChI is InChI=1S/C22H24ClFN2O3S.C22H25ClN2O3S/c1-12-20(30)25-18-10-13(8-9-19(18)28-12)17(26-21(27)29-22(2,3)4)11-14-15(23)6-5-7-16(14)24;1-13-20(29)24-18-12-15(7-10-19(18)27-13)17(25-21(26)28-22(2,3)4)11-14-5-8-16(23)9-6-14/h5-10,12,17H,11H2,1-4H3,(H,25,30)(H,26,27);5-10,12-13,17H,11H2,1-4H3,(H,24,29)(H,25,26). The number of ether oxygens (including phenoxy) is 4. The highest BCUT2D eigenvalue weighted by Gasteiger charge is 2.27. The summed E-state index contributed by atoms with van der Waals surface area (Å²) in [7, 11) is 0. The molecule has 0 saturated heterocycles. The topological polar surface area (TPSA) is 119 Å². The zero-order valence-electron chi connectivity index (χ0n) is 34.1. The van der Waals surface area contributed by atoms with Crippen molar-refractivity contribution in [3.05, 3.63) is 117 Å². The SMILES string of the molecule is CC1Oc2ccc(C(Cc3c(F)cccc3Cl)NC(=O)OC(C)(C)C)cc2NC1=S.CC1Oc2ccc(C(Cc3ccc(Cl)cc3)NC(=O)OC(C)(C)C)cc2NC1=S. The molecule has 0 aliphatic carbocycles. The van der Waals surface area contributed by atoms with Crippen molar-refractivity contribution in [3.63, 3.8) is 0 Å². The number of carbonyl (C=O) groups is 2. The van der Waals surface area contributed by atoms with Crippen molar-refractivity contribution in [2.24, 2.45) is 0 Å². The Balaban J connectivity index is 0.000000224. The Bertz CT molecular complexity index is 2180. The molecule has 0 radical (unpaired) electrons. The molecule has 6 rings (SSSR count). The van der Waals surface area contributed by atoms with Crippen molar-refractivity contribution in [2.75, 3.05) is 10.6 Å². The fourth-order valence-corrected chi connectivity index (χ4v) is 6.76. The van der Waals surface area contributed by atoms with E-state index in [0.29, 0.717) is 43.4 Å². The molecule has 10 nitrogen and oxygen atoms in total. The Morgan fingerprint density at radius 2 is 1.19 bits per heavy atom. The monoisotopic (exact) mass is 882 g/mol. The van der Waals surface area contributed by atoms with Crippen molar-refractivity contribution in [2.45, 2.75) is 104 Å². The second-order valence-electron chi connectivity index (χ2n) is 16.1. The van der Waals surface area contributed by atoms with E-state index in [4.69, 9.17) is 66.6 Å². The molecule has 4 atom stereocenters. The molecule has 0 saturated carbocycles. The maximum atomic E-state index is 14.4. The number of thiocarbonyl (C=S) groups is 2. The molecular formula is C44H49Cl2FN4O6S2. The van der Waals surface area contributed by atoms with Crippen molar-refractivity contribution < 1.29 is 32.9 Å². The molecule has 314 valence electrons. The van der Waals surface area contributed by atoms with E-state index in [-0.39, 0.29) is 24.7 Å². The molecule has 0 spiro atoms. The minimum Gasteiger partial charge on any atom is -0.481 e. The third-order valence-corrected chi connectivity index (χ3v) is 10.4. The molecule has 4 aromatic carbocycles. The average Bonchev–Trinajstić information content (AvgIpc) is 3.13. The number of carbonyl (C=O) groups excluding carboxylic acids is 2. The number of amides is 2. The minimum absolute atomic E-state index is 0.144. The lowest BCUT2D eigenvalue weighted by molar-refractivity contribution is 0.0491. The number of halogens is 3. The normalized spacial score (nSPS) is 16.8. The first-order valence-electron chi connectivity index (χ1n) is 19.0. The molecule has 0 bridgehead atoms. The number of nitrogens with one attached hydrogen (secondary N) is 4. The van der Waals surface area contributed by atoms with Crippen LogP contribution in [0.4, 0.5) is 25.4 Å². The van der Waals surface area contributed by atoms with E-state index in [1.807, 2.05) is 89.2 Å². The first-order chi connectivity index (χ1) is 27.6. The van der Waals surface area contributed by atoms with Gasteiger partial charge in [-0.2, -0.15) is 0 Å². The van der Waals surface area contributed by atoms with E-state index in [2.05, 4.69) is 21.3 Å². The van der Waals surface area contributed by atoms with E-state index in [1.54, 1.807) is 39.0 Å². The molecule has 2 amide bonds. The van der Waals surface area contributed by atoms with Crippen molar-refractivity contribution >= 4 is 81.2 Å². The summed E-state index contributed by atoms with van der Waals surface area (Å²) in [6.07, 6.45) is -0.754. The van der Waals surface area contributed by atoms with E-state index in [9.17, 15) is 14.0 Å². The van der Waals surface area contributed by atoms with Crippen LogP contribution in [-0.4, -0.2) is 45.6 Å². The zero-order valence-corrected chi connectivity index (χ0v) is 37.3. The average molecular weight is 884 g/mol. The summed E-state index contributed by atoms with van der Waals surface area (Å²) >= 11 is 22.8. The van der Waals surface area contributed by atoms with Gasteiger partial charge in [-0.3, -0.25) is 0 Å². The highest BCUT2D eigenvalue weighted by atomic mass is 35.5. The molecular weight excluding hydrogens is 835 g/mol. The lowest BCUT2D eigenvalue weighted by atomic mass is 9.97. The summed E-state index contributed by atoms with van der Waals surface area (Å²) in [6, 6.07) is 22.4. The molecule has 2 aliphatic rings. The van der Waals surface area contributed by atoms with Gasteiger partial charge in [-0.25, -0.2) is 14.0 Å². The molecule has 0 aromatic heterocycles. The number of fused-ring (bicyclic) bond motifs is 2. The number of hydrogen-bond acceptors (Lipinski definition) is 8. The van der Waals surface area contributed by atoms with Gasteiger partial charge in [0.05, 0.1) is 23.5 Å². The van der Waals surface area contributed by atoms with Crippen LogP contribution in [0.3, 0.4) is 0 Å². The van der Waals surface area contributed by atoms with Crippen molar-refractivity contribution in [1.82, 2.24) is 10.6 Å². The van der Waals surface area contributed by atoms with Gasteiger partial charge in [0.15, 0.2) is 0 Å². The van der Waals surface area contributed by atoms with Gasteiger partial charge in [0, 0.05) is 22.0 Å². The summed E-state index contributed by atoms with van der Waals surface area (Å²) in [5.74, 6) is 0.949. The van der Waals surface area contributed by atoms with Gasteiger partial charge in [0.25, 0.3) is 0 Å². The van der Waals surface area contributed by atoms with Crippen LogP contribution >= 0.6 is 47.6 Å². The second-order valence-corrected chi connectivity index (χ2v) is 17.9. The maximum Gasteiger partial charge on any atom is 0.408 e. The second kappa shape index (κ2) is 19.1. The van der Waals surface area contributed by atoms with Crippen molar-refractivity contribution in [3.8, 4) is 11.5 Å². The largest absolute Gasteiger partial charge is 0.481 e. The predicted octanol–water partition coefficient (Wildman–Crippen LogP) is 11.5. The summed E-state index contributed by atoms with van der Waals surface area (Å²) in [5.41, 5.74) is 3.22. The van der Waals surface area contributed by atoms with Gasteiger partial charge < -0.3 is 40.2 Å². The summed E-state index contributed by atoms with van der Waals surface area (Å²) in [5, 5.41) is 13.1. The Labute approximate surface area is 365 Å². The third-order valence-electron chi connectivity index (χ3n) is 8.88. The summed E-state index contributed by atoms with van der Waals surface area (Å²) in [6.45, 7) is 14.6. The van der Waals surface area contributed by atoms with Gasteiger partial charge in [0.2, 0.25) is 0 Å². The van der Waals surface area contributed by atoms with Gasteiger partial charge in [-0.1, -0.05) is 78.0 Å². The van der Waals surface area contributed by atoms with Gasteiger partial charge in [-0.05, 0) is 127 Å². The predicted molar refractivity (Wildman–Crippen MR) is 240 cm³/mol. The maximum absolute atomic E-state index is 14.4. The quantitative estimate of drug-likeness (QED) is 0.127. The highest BCUT2D eigenvalue weighted by molar-refractivity contribution is 7.81. The molecule has 2 aliphatic heterocycles. The molecule has 4 unspecified atom stereocenters. The van der Waals surface area contributed by atoms with Crippen LogP contribution in [-0.2, 0) is 22.3 Å². The van der Waals surface area contributed by atoms with Crippen LogP contribution in [0.2, 0.25) is 10.0 Å². The van der Waals surface area contributed by atoms with Crippen LogP contribution < -0.4 is 30.7 Å². The molecule has 4 N–H and O–H groups in total. The number of alkyl carbamates (subject to hydrolysis) is 2.